The minimum absolute atomic E-state index is 0.726. The van der Waals surface area contributed by atoms with Gasteiger partial charge in [-0.25, -0.2) is 0 Å². The summed E-state index contributed by atoms with van der Waals surface area (Å²) in [4.78, 5) is 0. The van der Waals surface area contributed by atoms with Crippen molar-refractivity contribution in [3.05, 3.63) is 0 Å². The van der Waals surface area contributed by atoms with Crippen LogP contribution in [0.25, 0.3) is 0 Å². The Bertz CT molecular complexity index is 106. The van der Waals surface area contributed by atoms with Crippen LogP contribution in [0.1, 0.15) is 0 Å². The third-order valence-electron chi connectivity index (χ3n) is 1.51. The molecule has 14 heavy (non-hydrogen) atoms. The van der Waals surface area contributed by atoms with Crippen molar-refractivity contribution in [2.45, 2.75) is 24.4 Å². The molecule has 8 N–H and O–H groups in total. The van der Waals surface area contributed by atoms with E-state index in [1.807, 2.05) is 0 Å². The molecule has 0 saturated carbocycles. The molecule has 0 bridgehead atoms. The summed E-state index contributed by atoms with van der Waals surface area (Å²) in [6.45, 7) is -1.45. The van der Waals surface area contributed by atoms with E-state index in [9.17, 15) is 0 Å². The fourth-order valence-electron chi connectivity index (χ4n) is 0.671. The Labute approximate surface area is 79.9 Å². The molecule has 0 unspecified atom stereocenters. The number of aliphatic hydroxyl groups excluding tert-OH is 6. The molecule has 0 aliphatic carbocycles. The number of aliphatic hydroxyl groups is 6. The Morgan fingerprint density at radius 1 is 0.643 bits per heavy atom. The van der Waals surface area contributed by atoms with Gasteiger partial charge in [-0.2, -0.15) is 0 Å². The molecule has 8 nitrogen and oxygen atoms in total. The number of rotatable bonds is 5. The maximum atomic E-state index is 8.96. The van der Waals surface area contributed by atoms with Gasteiger partial charge < -0.3 is 30.6 Å². The first kappa shape index (κ1) is 16.1. The molecule has 0 aromatic carbocycles. The molecule has 0 saturated heterocycles. The van der Waals surface area contributed by atoms with Crippen LogP contribution < -0.4 is 0 Å². The molecule has 0 amide bonds. The Hall–Kier alpha value is -0.320. The molecule has 88 valence electrons. The largest absolute Gasteiger partial charge is 0.394 e. The van der Waals surface area contributed by atoms with Crippen LogP contribution >= 0.6 is 0 Å². The average molecular weight is 216 g/mol. The second kappa shape index (κ2) is 9.24. The van der Waals surface area contributed by atoms with E-state index < -0.39 is 37.6 Å². The monoisotopic (exact) mass is 216 g/mol. The summed E-state index contributed by atoms with van der Waals surface area (Å²) < 4.78 is 0. The van der Waals surface area contributed by atoms with Crippen molar-refractivity contribution in [2.24, 2.45) is 0 Å². The van der Waals surface area contributed by atoms with Gasteiger partial charge in [0.1, 0.15) is 24.4 Å². The SMILES string of the molecule is OC[C@@H](O)[C@@H](O)[C@H](O)[C@H](O)CO.OO. The average Bonchev–Trinajstić information content (AvgIpc) is 2.27. The summed E-state index contributed by atoms with van der Waals surface area (Å²) in [5.41, 5.74) is 0. The Morgan fingerprint density at radius 2 is 0.857 bits per heavy atom. The van der Waals surface area contributed by atoms with Gasteiger partial charge in [-0.3, -0.25) is 10.5 Å². The topological polar surface area (TPSA) is 162 Å². The van der Waals surface area contributed by atoms with Crippen LogP contribution in [-0.4, -0.2) is 78.8 Å². The lowest BCUT2D eigenvalue weighted by Crippen LogP contribution is -2.46. The Kier molecular flexibility index (Phi) is 10.6. The molecule has 4 atom stereocenters. The van der Waals surface area contributed by atoms with Crippen molar-refractivity contribution < 1.29 is 41.2 Å². The molecule has 0 aliphatic heterocycles. The summed E-state index contributed by atoms with van der Waals surface area (Å²) in [5, 5.41) is 64.2. The van der Waals surface area contributed by atoms with Gasteiger partial charge in [0.2, 0.25) is 0 Å². The van der Waals surface area contributed by atoms with Crippen molar-refractivity contribution in [1.29, 1.82) is 0 Å². The minimum Gasteiger partial charge on any atom is -0.394 e. The van der Waals surface area contributed by atoms with Crippen molar-refractivity contribution >= 4 is 0 Å². The number of hydrogen-bond donors (Lipinski definition) is 8. The third kappa shape index (κ3) is 5.42. The van der Waals surface area contributed by atoms with Crippen LogP contribution in [0, 0.1) is 0 Å². The Balaban J connectivity index is 0. The smallest absolute Gasteiger partial charge is 0.111 e. The van der Waals surface area contributed by atoms with Crippen molar-refractivity contribution in [3.63, 3.8) is 0 Å². The lowest BCUT2D eigenvalue weighted by atomic mass is 10.0. The van der Waals surface area contributed by atoms with Gasteiger partial charge in [-0.1, -0.05) is 0 Å². The van der Waals surface area contributed by atoms with Crippen LogP contribution in [0.5, 0.6) is 0 Å². The maximum absolute atomic E-state index is 8.96. The third-order valence-corrected chi connectivity index (χ3v) is 1.51. The van der Waals surface area contributed by atoms with Crippen molar-refractivity contribution in [3.8, 4) is 0 Å². The fourth-order valence-corrected chi connectivity index (χ4v) is 0.671. The molecule has 0 aromatic heterocycles. The quantitative estimate of drug-likeness (QED) is 0.173. The predicted molar refractivity (Wildman–Crippen MR) is 43.5 cm³/mol. The van der Waals surface area contributed by atoms with E-state index in [1.54, 1.807) is 0 Å². The van der Waals surface area contributed by atoms with E-state index in [4.69, 9.17) is 41.2 Å². The highest BCUT2D eigenvalue weighted by Gasteiger charge is 2.29. The van der Waals surface area contributed by atoms with Gasteiger partial charge in [-0.15, -0.1) is 0 Å². The highest BCUT2D eigenvalue weighted by molar-refractivity contribution is 4.79. The summed E-state index contributed by atoms with van der Waals surface area (Å²) in [7, 11) is 0. The first-order valence-electron chi connectivity index (χ1n) is 3.68. The predicted octanol–water partition coefficient (Wildman–Crippen LogP) is -3.57. The zero-order valence-electron chi connectivity index (χ0n) is 7.30. The molecule has 0 fully saturated rings. The highest BCUT2D eigenvalue weighted by atomic mass is 17.0. The van der Waals surface area contributed by atoms with Gasteiger partial charge in [0, 0.05) is 0 Å². The van der Waals surface area contributed by atoms with Gasteiger partial charge in [0.25, 0.3) is 0 Å². The summed E-state index contributed by atoms with van der Waals surface area (Å²) >= 11 is 0. The minimum atomic E-state index is -1.67. The van der Waals surface area contributed by atoms with Crippen LogP contribution in [0.3, 0.4) is 0 Å². The first-order valence-corrected chi connectivity index (χ1v) is 3.68. The first-order chi connectivity index (χ1) is 6.54. The molecule has 0 aliphatic rings. The molecule has 0 radical (unpaired) electrons. The molecule has 0 heterocycles. The summed E-state index contributed by atoms with van der Waals surface area (Å²) in [6.07, 6.45) is -6.39. The van der Waals surface area contributed by atoms with Gasteiger partial charge in [-0.05, 0) is 0 Å². The number of hydrogen-bond acceptors (Lipinski definition) is 8. The van der Waals surface area contributed by atoms with Crippen LogP contribution in [0.2, 0.25) is 0 Å². The van der Waals surface area contributed by atoms with E-state index in [1.165, 1.54) is 0 Å². The second-order valence-electron chi connectivity index (χ2n) is 2.48. The highest BCUT2D eigenvalue weighted by Crippen LogP contribution is 2.03. The van der Waals surface area contributed by atoms with Crippen molar-refractivity contribution in [1.82, 2.24) is 0 Å². The zero-order valence-corrected chi connectivity index (χ0v) is 7.30. The van der Waals surface area contributed by atoms with E-state index >= 15 is 0 Å². The fraction of sp³-hybridized carbons (Fsp3) is 1.00. The normalized spacial score (nSPS) is 18.9. The van der Waals surface area contributed by atoms with Crippen molar-refractivity contribution in [2.75, 3.05) is 13.2 Å². The summed E-state index contributed by atoms with van der Waals surface area (Å²) in [6, 6.07) is 0. The molecule has 0 aromatic rings. The van der Waals surface area contributed by atoms with Crippen LogP contribution in [0.4, 0.5) is 0 Å². The molecule has 0 rings (SSSR count). The zero-order chi connectivity index (χ0) is 11.7. The van der Waals surface area contributed by atoms with Gasteiger partial charge in [0.15, 0.2) is 0 Å². The van der Waals surface area contributed by atoms with Crippen LogP contribution in [-0.2, 0) is 0 Å². The summed E-state index contributed by atoms with van der Waals surface area (Å²) in [5.74, 6) is 0. The van der Waals surface area contributed by atoms with Gasteiger partial charge in [0.05, 0.1) is 13.2 Å². The Morgan fingerprint density at radius 3 is 1.00 bits per heavy atom. The molecule has 8 heteroatoms. The molecular weight excluding hydrogens is 200 g/mol. The van der Waals surface area contributed by atoms with E-state index in [0.717, 1.165) is 0 Å². The van der Waals surface area contributed by atoms with Gasteiger partial charge >= 0.3 is 0 Å². The van der Waals surface area contributed by atoms with E-state index in [2.05, 4.69) is 0 Å². The second-order valence-corrected chi connectivity index (χ2v) is 2.48. The van der Waals surface area contributed by atoms with E-state index in [0.29, 0.717) is 0 Å². The maximum Gasteiger partial charge on any atom is 0.111 e. The lowest BCUT2D eigenvalue weighted by molar-refractivity contribution is -0.176. The molecular formula is C6H16O8. The lowest BCUT2D eigenvalue weighted by Gasteiger charge is -2.24. The standard InChI is InChI=1S/C6H14O6.H2O2/c7-1-3(9)5(11)6(12)4(10)2-8;1-2/h3-12H,1-2H2;1-2H/t3-,4-,5-,6-;/m1./s1. The molecule has 0 spiro atoms. The van der Waals surface area contributed by atoms with E-state index in [-0.39, 0.29) is 0 Å². The van der Waals surface area contributed by atoms with Crippen LogP contribution in [0.15, 0.2) is 0 Å².